The van der Waals surface area contributed by atoms with Gasteiger partial charge in [0.05, 0.1) is 23.2 Å². The molecule has 3 aromatic carbocycles. The lowest BCUT2D eigenvalue weighted by Gasteiger charge is -2.14. The number of hydrogen-bond donors (Lipinski definition) is 2. The molecular formula is C30H26ClN5O3S. The molecule has 0 aliphatic carbocycles. The number of aromatic nitrogens is 3. The number of carbonyl (C=O) groups is 1. The van der Waals surface area contributed by atoms with E-state index in [4.69, 9.17) is 26.7 Å². The van der Waals surface area contributed by atoms with Crippen LogP contribution in [0.3, 0.4) is 0 Å². The van der Waals surface area contributed by atoms with Crippen molar-refractivity contribution in [2.75, 3.05) is 19.0 Å². The molecule has 0 aliphatic heterocycles. The third-order valence-corrected chi connectivity index (χ3v) is 7.90. The van der Waals surface area contributed by atoms with Gasteiger partial charge in [-0.1, -0.05) is 41.1 Å². The van der Waals surface area contributed by atoms with E-state index in [2.05, 4.69) is 10.3 Å². The zero-order valence-electron chi connectivity index (χ0n) is 22.1. The first-order valence-electron chi connectivity index (χ1n) is 12.6. The molecule has 0 amide bonds. The lowest BCUT2D eigenvalue weighted by Crippen LogP contribution is -2.20. The summed E-state index contributed by atoms with van der Waals surface area (Å²) in [6.07, 6.45) is 4.50. The molecule has 202 valence electrons. The average Bonchev–Trinajstić information content (AvgIpc) is 3.37. The van der Waals surface area contributed by atoms with E-state index in [1.54, 1.807) is 38.5 Å². The summed E-state index contributed by atoms with van der Waals surface area (Å²) in [5.74, 6) is -0.312. The van der Waals surface area contributed by atoms with Crippen LogP contribution < -0.4 is 10.9 Å². The van der Waals surface area contributed by atoms with E-state index in [-0.39, 0.29) is 23.6 Å². The number of thiazole rings is 1. The minimum Gasteiger partial charge on any atom is -0.466 e. The lowest BCUT2D eigenvalue weighted by molar-refractivity contribution is -0.142. The molecule has 2 heterocycles. The fourth-order valence-electron chi connectivity index (χ4n) is 4.65. The minimum atomic E-state index is -0.328. The molecule has 0 saturated carbocycles. The number of halogens is 1. The summed E-state index contributed by atoms with van der Waals surface area (Å²) in [6, 6.07) is 14.8. The van der Waals surface area contributed by atoms with Crippen LogP contribution in [0.25, 0.3) is 37.7 Å². The summed E-state index contributed by atoms with van der Waals surface area (Å²) in [5.41, 5.74) is 6.17. The van der Waals surface area contributed by atoms with Gasteiger partial charge in [-0.25, -0.2) is 9.97 Å². The normalized spacial score (nSPS) is 11.0. The van der Waals surface area contributed by atoms with E-state index in [9.17, 15) is 9.59 Å². The van der Waals surface area contributed by atoms with Gasteiger partial charge in [0, 0.05) is 53.1 Å². The van der Waals surface area contributed by atoms with Crippen molar-refractivity contribution >= 4 is 51.0 Å². The predicted molar refractivity (Wildman–Crippen MR) is 161 cm³/mol. The fraction of sp³-hybridized carbons (Fsp3) is 0.167. The number of nitrogens with zero attached hydrogens (tertiary/aromatic N) is 3. The molecule has 2 N–H and O–H groups in total. The SMILES string of the molecule is CCOC(=O)Cc1c(C)cc2nc(-n3ccnc(-c4ccc(NC)c(C=N)c4)c3=O)sc2c1-c1ccc(Cl)cc1. The van der Waals surface area contributed by atoms with Gasteiger partial charge in [-0.05, 0) is 60.9 Å². The standard InChI is InChI=1S/C30H26ClN5O3S/c1-4-39-25(37)15-22-17(2)13-24-28(26(22)18-5-8-21(31)9-6-18)40-30(35-24)36-12-11-34-27(29(36)38)19-7-10-23(33-3)20(14-19)16-32/h5-14,16,32-33H,4,15H2,1-3H3. The van der Waals surface area contributed by atoms with Crippen molar-refractivity contribution in [2.45, 2.75) is 20.3 Å². The number of hydrogen-bond acceptors (Lipinski definition) is 8. The monoisotopic (exact) mass is 571 g/mol. The van der Waals surface area contributed by atoms with Crippen molar-refractivity contribution in [1.29, 1.82) is 5.41 Å². The zero-order valence-corrected chi connectivity index (χ0v) is 23.7. The summed E-state index contributed by atoms with van der Waals surface area (Å²) < 4.78 is 7.58. The highest BCUT2D eigenvalue weighted by molar-refractivity contribution is 7.21. The maximum atomic E-state index is 13.7. The molecule has 40 heavy (non-hydrogen) atoms. The second-order valence-corrected chi connectivity index (χ2v) is 10.4. The number of rotatable bonds is 8. The molecule has 5 aromatic rings. The number of fused-ring (bicyclic) bond motifs is 1. The number of nitrogens with one attached hydrogen (secondary N) is 2. The van der Waals surface area contributed by atoms with Crippen LogP contribution in [0.4, 0.5) is 5.69 Å². The molecule has 0 fully saturated rings. The second-order valence-electron chi connectivity index (χ2n) is 9.03. The Morgan fingerprint density at radius 2 is 1.93 bits per heavy atom. The molecule has 0 aliphatic rings. The van der Waals surface area contributed by atoms with Gasteiger partial charge in [0.25, 0.3) is 5.56 Å². The number of ether oxygens (including phenoxy) is 1. The molecule has 8 nitrogen and oxygen atoms in total. The summed E-state index contributed by atoms with van der Waals surface area (Å²) >= 11 is 7.54. The second kappa shape index (κ2) is 11.4. The largest absolute Gasteiger partial charge is 0.466 e. The number of carbonyl (C=O) groups excluding carboxylic acids is 1. The molecule has 0 bridgehead atoms. The summed E-state index contributed by atoms with van der Waals surface area (Å²) in [4.78, 5) is 35.4. The van der Waals surface area contributed by atoms with Crippen LogP contribution in [-0.2, 0) is 16.0 Å². The number of esters is 1. The Morgan fingerprint density at radius 1 is 1.18 bits per heavy atom. The number of benzene rings is 3. The van der Waals surface area contributed by atoms with Gasteiger partial charge >= 0.3 is 5.97 Å². The van der Waals surface area contributed by atoms with Crippen LogP contribution in [0.1, 0.15) is 23.6 Å². The zero-order chi connectivity index (χ0) is 28.4. The van der Waals surface area contributed by atoms with Crippen molar-refractivity contribution in [3.63, 3.8) is 0 Å². The quantitative estimate of drug-likeness (QED) is 0.167. The molecule has 5 rings (SSSR count). The summed E-state index contributed by atoms with van der Waals surface area (Å²) in [6.45, 7) is 4.03. The predicted octanol–water partition coefficient (Wildman–Crippen LogP) is 6.28. The smallest absolute Gasteiger partial charge is 0.310 e. The summed E-state index contributed by atoms with van der Waals surface area (Å²) in [7, 11) is 1.78. The van der Waals surface area contributed by atoms with Crippen molar-refractivity contribution in [3.05, 3.63) is 93.0 Å². The van der Waals surface area contributed by atoms with E-state index in [1.807, 2.05) is 43.3 Å². The van der Waals surface area contributed by atoms with Gasteiger partial charge < -0.3 is 15.5 Å². The Hall–Kier alpha value is -4.34. The van der Waals surface area contributed by atoms with Gasteiger partial charge in [0.2, 0.25) is 0 Å². The molecule has 0 spiro atoms. The first kappa shape index (κ1) is 27.2. The maximum absolute atomic E-state index is 13.7. The van der Waals surface area contributed by atoms with Gasteiger partial charge in [-0.3, -0.25) is 14.2 Å². The van der Waals surface area contributed by atoms with Gasteiger partial charge in [-0.2, -0.15) is 0 Å². The minimum absolute atomic E-state index is 0.109. The average molecular weight is 572 g/mol. The Bertz CT molecular complexity index is 1810. The van der Waals surface area contributed by atoms with Crippen LogP contribution in [0.15, 0.2) is 65.7 Å². The Balaban J connectivity index is 1.69. The van der Waals surface area contributed by atoms with Crippen LogP contribution in [0.2, 0.25) is 5.02 Å². The number of aryl methyl sites for hydroxylation is 1. The van der Waals surface area contributed by atoms with E-state index in [1.165, 1.54) is 22.1 Å². The molecule has 0 unspecified atom stereocenters. The van der Waals surface area contributed by atoms with Crippen LogP contribution in [-0.4, -0.2) is 40.4 Å². The van der Waals surface area contributed by atoms with Crippen molar-refractivity contribution in [3.8, 4) is 27.5 Å². The molecular weight excluding hydrogens is 546 g/mol. The Morgan fingerprint density at radius 3 is 2.62 bits per heavy atom. The topological polar surface area (TPSA) is 110 Å². The maximum Gasteiger partial charge on any atom is 0.310 e. The lowest BCUT2D eigenvalue weighted by atomic mass is 9.93. The van der Waals surface area contributed by atoms with Gasteiger partial charge in [0.15, 0.2) is 5.13 Å². The Labute approximate surface area is 239 Å². The van der Waals surface area contributed by atoms with Crippen molar-refractivity contribution in [1.82, 2.24) is 14.5 Å². The molecule has 0 radical (unpaired) electrons. The highest BCUT2D eigenvalue weighted by atomic mass is 35.5. The van der Waals surface area contributed by atoms with Gasteiger partial charge in [0.1, 0.15) is 5.69 Å². The third-order valence-electron chi connectivity index (χ3n) is 6.56. The fourth-order valence-corrected chi connectivity index (χ4v) is 5.90. The molecule has 2 aromatic heterocycles. The first-order valence-corrected chi connectivity index (χ1v) is 13.8. The highest BCUT2D eigenvalue weighted by Gasteiger charge is 2.21. The van der Waals surface area contributed by atoms with Crippen molar-refractivity contribution < 1.29 is 9.53 Å². The highest BCUT2D eigenvalue weighted by Crippen LogP contribution is 2.39. The van der Waals surface area contributed by atoms with Crippen LogP contribution >= 0.6 is 22.9 Å². The molecule has 0 atom stereocenters. The Kier molecular flexibility index (Phi) is 7.77. The van der Waals surface area contributed by atoms with Crippen molar-refractivity contribution in [2.24, 2.45) is 0 Å². The van der Waals surface area contributed by atoms with E-state index >= 15 is 0 Å². The van der Waals surface area contributed by atoms with E-state index < -0.39 is 0 Å². The van der Waals surface area contributed by atoms with Crippen LogP contribution in [0.5, 0.6) is 0 Å². The van der Waals surface area contributed by atoms with E-state index in [0.29, 0.717) is 33.4 Å². The molecule has 0 saturated heterocycles. The first-order chi connectivity index (χ1) is 19.3. The van der Waals surface area contributed by atoms with Gasteiger partial charge in [-0.15, -0.1) is 0 Å². The number of anilines is 1. The van der Waals surface area contributed by atoms with Crippen LogP contribution in [0, 0.1) is 12.3 Å². The third kappa shape index (κ3) is 5.13. The van der Waals surface area contributed by atoms with E-state index in [0.717, 1.165) is 32.6 Å². The molecule has 10 heteroatoms. The summed E-state index contributed by atoms with van der Waals surface area (Å²) in [5, 5.41) is 11.9.